The molecule has 0 fully saturated rings. The van der Waals surface area contributed by atoms with Crippen molar-refractivity contribution in [2.75, 3.05) is 54.1 Å². The van der Waals surface area contributed by atoms with Crippen molar-refractivity contribution in [3.63, 3.8) is 0 Å². The van der Waals surface area contributed by atoms with Crippen LogP contribution in [-0.4, -0.2) is 70.7 Å². The first kappa shape index (κ1) is 62.7. The maximum absolute atomic E-state index is 12.8. The molecule has 0 rings (SSSR count). The van der Waals surface area contributed by atoms with Gasteiger partial charge in [-0.1, -0.05) is 195 Å². The number of quaternary nitrogens is 1. The summed E-state index contributed by atoms with van der Waals surface area (Å²) in [6, 6.07) is 0. The molecule has 0 aromatic heterocycles. The zero-order valence-corrected chi connectivity index (χ0v) is 43.6. The Morgan fingerprint density at radius 3 is 1.34 bits per heavy atom. The minimum Gasteiger partial charge on any atom is -0.756 e. The van der Waals surface area contributed by atoms with Crippen molar-refractivity contribution in [2.24, 2.45) is 0 Å². The molecule has 0 aliphatic rings. The monoisotopic (exact) mass is 930 g/mol. The van der Waals surface area contributed by atoms with Gasteiger partial charge in [-0.25, -0.2) is 0 Å². The number of phosphoric ester groups is 1. The Bertz CT molecular complexity index is 1310. The fourth-order valence-corrected chi connectivity index (χ4v) is 7.63. The SMILES string of the molecule is CC/C=C\C/C=C\C/C=C\C/C=C\CCCCCCCCCOCC(COP(=O)([O-])OCC[N+](C)(C)C)OC(=O)CCCCCCCCCC/C=C\C/C=C\C/C=C\CCCCCCC. The molecule has 2 atom stereocenters. The molecule has 8 nitrogen and oxygen atoms in total. The summed E-state index contributed by atoms with van der Waals surface area (Å²) in [5.41, 5.74) is 0. The Morgan fingerprint density at radius 2 is 0.892 bits per heavy atom. The smallest absolute Gasteiger partial charge is 0.306 e. The van der Waals surface area contributed by atoms with Gasteiger partial charge in [-0.05, 0) is 89.9 Å². The Morgan fingerprint density at radius 1 is 0.492 bits per heavy atom. The van der Waals surface area contributed by atoms with Gasteiger partial charge in [-0.3, -0.25) is 9.36 Å². The predicted molar refractivity (Wildman–Crippen MR) is 277 cm³/mol. The number of likely N-dealkylation sites (N-methyl/N-ethyl adjacent to an activating group) is 1. The highest BCUT2D eigenvalue weighted by atomic mass is 31.2. The van der Waals surface area contributed by atoms with Gasteiger partial charge in [-0.2, -0.15) is 0 Å². The van der Waals surface area contributed by atoms with Crippen LogP contribution in [-0.2, 0) is 27.9 Å². The Labute approximate surface area is 401 Å². The quantitative estimate of drug-likeness (QED) is 0.0197. The van der Waals surface area contributed by atoms with E-state index < -0.39 is 13.9 Å². The number of hydrogen-bond donors (Lipinski definition) is 0. The highest BCUT2D eigenvalue weighted by Gasteiger charge is 2.20. The van der Waals surface area contributed by atoms with Crippen LogP contribution < -0.4 is 4.89 Å². The number of carbonyl (C=O) groups excluding carboxylic acids is 1. The number of rotatable bonds is 48. The van der Waals surface area contributed by atoms with E-state index in [1.807, 2.05) is 21.1 Å². The molecular weight excluding hydrogens is 830 g/mol. The Balaban J connectivity index is 4.19. The third kappa shape index (κ3) is 52.5. The van der Waals surface area contributed by atoms with Gasteiger partial charge < -0.3 is 27.9 Å². The third-order valence-electron chi connectivity index (χ3n) is 10.9. The van der Waals surface area contributed by atoms with E-state index in [0.29, 0.717) is 24.1 Å². The van der Waals surface area contributed by atoms with Crippen LogP contribution in [0.25, 0.3) is 0 Å². The molecule has 0 aliphatic heterocycles. The summed E-state index contributed by atoms with van der Waals surface area (Å²) in [5.74, 6) is -0.347. The molecular formula is C56H100NO7P. The summed E-state index contributed by atoms with van der Waals surface area (Å²) in [7, 11) is 1.33. The van der Waals surface area contributed by atoms with Crippen LogP contribution in [0.1, 0.15) is 206 Å². The average molecular weight is 930 g/mol. The van der Waals surface area contributed by atoms with Crippen LogP contribution in [0.15, 0.2) is 85.1 Å². The van der Waals surface area contributed by atoms with E-state index in [2.05, 4.69) is 98.9 Å². The maximum atomic E-state index is 12.8. The zero-order valence-electron chi connectivity index (χ0n) is 42.7. The molecule has 0 aliphatic carbocycles. The highest BCUT2D eigenvalue weighted by molar-refractivity contribution is 7.45. The van der Waals surface area contributed by atoms with Crippen molar-refractivity contribution < 1.29 is 37.3 Å². The largest absolute Gasteiger partial charge is 0.756 e. The molecule has 65 heavy (non-hydrogen) atoms. The third-order valence-corrected chi connectivity index (χ3v) is 11.9. The van der Waals surface area contributed by atoms with E-state index in [9.17, 15) is 14.3 Å². The summed E-state index contributed by atoms with van der Waals surface area (Å²) in [4.78, 5) is 25.2. The van der Waals surface area contributed by atoms with Gasteiger partial charge in [0.25, 0.3) is 7.82 Å². The van der Waals surface area contributed by atoms with Gasteiger partial charge in [0.2, 0.25) is 0 Å². The first-order chi connectivity index (χ1) is 31.6. The second-order valence-electron chi connectivity index (χ2n) is 18.5. The summed E-state index contributed by atoms with van der Waals surface area (Å²) in [5, 5.41) is 0. The molecule has 0 saturated heterocycles. The first-order valence-corrected chi connectivity index (χ1v) is 27.8. The Hall–Kier alpha value is -2.32. The van der Waals surface area contributed by atoms with Crippen LogP contribution in [0.4, 0.5) is 0 Å². The highest BCUT2D eigenvalue weighted by Crippen LogP contribution is 2.38. The minimum absolute atomic E-state index is 0.0177. The summed E-state index contributed by atoms with van der Waals surface area (Å²) < 4.78 is 34.8. The fourth-order valence-electron chi connectivity index (χ4n) is 6.90. The lowest BCUT2D eigenvalue weighted by Crippen LogP contribution is -2.37. The van der Waals surface area contributed by atoms with E-state index in [1.54, 1.807) is 0 Å². The number of unbranched alkanes of at least 4 members (excludes halogenated alkanes) is 20. The molecule has 9 heteroatoms. The van der Waals surface area contributed by atoms with Crippen molar-refractivity contribution in [1.82, 2.24) is 0 Å². The lowest BCUT2D eigenvalue weighted by molar-refractivity contribution is -0.870. The lowest BCUT2D eigenvalue weighted by Gasteiger charge is -2.28. The second-order valence-corrected chi connectivity index (χ2v) is 19.9. The summed E-state index contributed by atoms with van der Waals surface area (Å²) >= 11 is 0. The van der Waals surface area contributed by atoms with Crippen LogP contribution in [0, 0.1) is 0 Å². The van der Waals surface area contributed by atoms with Gasteiger partial charge in [0.05, 0.1) is 34.4 Å². The summed E-state index contributed by atoms with van der Waals surface area (Å²) in [6.07, 6.45) is 64.6. The minimum atomic E-state index is -4.54. The van der Waals surface area contributed by atoms with Gasteiger partial charge in [0.15, 0.2) is 0 Å². The molecule has 0 spiro atoms. The molecule has 0 N–H and O–H groups in total. The summed E-state index contributed by atoms with van der Waals surface area (Å²) in [6.45, 7) is 5.25. The molecule has 0 aromatic rings. The molecule has 0 radical (unpaired) electrons. The van der Waals surface area contributed by atoms with Crippen molar-refractivity contribution in [3.8, 4) is 0 Å². The van der Waals surface area contributed by atoms with E-state index in [0.717, 1.165) is 89.9 Å². The maximum Gasteiger partial charge on any atom is 0.306 e. The number of carbonyl (C=O) groups is 1. The number of esters is 1. The predicted octanol–water partition coefficient (Wildman–Crippen LogP) is 15.8. The molecule has 0 bridgehead atoms. The van der Waals surface area contributed by atoms with Crippen molar-refractivity contribution in [1.29, 1.82) is 0 Å². The van der Waals surface area contributed by atoms with Crippen LogP contribution in [0.5, 0.6) is 0 Å². The van der Waals surface area contributed by atoms with Crippen molar-refractivity contribution in [3.05, 3.63) is 85.1 Å². The van der Waals surface area contributed by atoms with Crippen molar-refractivity contribution in [2.45, 2.75) is 213 Å². The number of nitrogens with zero attached hydrogens (tertiary/aromatic N) is 1. The van der Waals surface area contributed by atoms with E-state index >= 15 is 0 Å². The molecule has 0 aromatic carbocycles. The number of phosphoric acid groups is 1. The van der Waals surface area contributed by atoms with Gasteiger partial charge in [0, 0.05) is 13.0 Å². The second kappa shape index (κ2) is 48.1. The molecule has 0 amide bonds. The number of ether oxygens (including phenoxy) is 2. The van der Waals surface area contributed by atoms with Crippen LogP contribution in [0.2, 0.25) is 0 Å². The molecule has 0 heterocycles. The normalized spacial score (nSPS) is 14.2. The molecule has 376 valence electrons. The number of allylic oxidation sites excluding steroid dienone is 14. The van der Waals surface area contributed by atoms with Gasteiger partial charge in [0.1, 0.15) is 19.3 Å². The van der Waals surface area contributed by atoms with Crippen molar-refractivity contribution >= 4 is 13.8 Å². The fraction of sp³-hybridized carbons (Fsp3) is 0.732. The Kier molecular flexibility index (Phi) is 46.4. The van der Waals surface area contributed by atoms with Gasteiger partial charge in [-0.15, -0.1) is 0 Å². The average Bonchev–Trinajstić information content (AvgIpc) is 3.27. The lowest BCUT2D eigenvalue weighted by atomic mass is 10.1. The topological polar surface area (TPSA) is 94.1 Å². The van der Waals surface area contributed by atoms with E-state index in [1.165, 1.54) is 96.3 Å². The number of hydrogen-bond acceptors (Lipinski definition) is 7. The first-order valence-electron chi connectivity index (χ1n) is 26.3. The van der Waals surface area contributed by atoms with Gasteiger partial charge >= 0.3 is 5.97 Å². The standard InChI is InChI=1S/C56H100NO7P/c1-6-8-10-12-14-16-18-20-22-24-26-28-29-30-31-33-35-37-39-41-43-45-47-49-56(58)64-55(54-63-65(59,60)62-52-50-57(3,4)5)53-61-51-48-46-44-42-40-38-36-34-32-27-25-23-21-19-17-15-13-11-9-7-2/h9,11,15,17-18,20-21,23-24,26-27,29-30,32,55H,6-8,10,12-14,16,19,22,25,28,31,33-54H2,1-5H3/b11-9-,17-15-,20-18-,23-21-,26-24-,30-29-,32-27-. The van der Waals surface area contributed by atoms with E-state index in [-0.39, 0.29) is 25.8 Å². The zero-order chi connectivity index (χ0) is 47.6. The van der Waals surface area contributed by atoms with Crippen LogP contribution in [0.3, 0.4) is 0 Å². The molecule has 2 unspecified atom stereocenters. The molecule has 0 saturated carbocycles. The van der Waals surface area contributed by atoms with Crippen LogP contribution >= 0.6 is 7.82 Å². The van der Waals surface area contributed by atoms with E-state index in [4.69, 9.17) is 18.5 Å².